The first kappa shape index (κ1) is 16.7. The molecule has 0 aliphatic carbocycles. The summed E-state index contributed by atoms with van der Waals surface area (Å²) < 4.78 is 19.5. The summed E-state index contributed by atoms with van der Waals surface area (Å²) in [5, 5.41) is 0. The molecular formula is C17H25FO2. The van der Waals surface area contributed by atoms with Crippen molar-refractivity contribution in [1.82, 2.24) is 0 Å². The zero-order chi connectivity index (χ0) is 14.8. The van der Waals surface area contributed by atoms with E-state index in [1.54, 1.807) is 6.07 Å². The van der Waals surface area contributed by atoms with Crippen LogP contribution in [0.2, 0.25) is 0 Å². The maximum Gasteiger partial charge on any atom is 0.168 e. The number of benzene rings is 1. The van der Waals surface area contributed by atoms with Crippen LogP contribution in [-0.4, -0.2) is 12.4 Å². The second-order valence-corrected chi connectivity index (χ2v) is 5.03. The smallest absolute Gasteiger partial charge is 0.168 e. The van der Waals surface area contributed by atoms with Crippen LogP contribution in [0.5, 0.6) is 5.75 Å². The molecular weight excluding hydrogens is 255 g/mol. The van der Waals surface area contributed by atoms with Crippen LogP contribution in [-0.2, 0) is 11.2 Å². The summed E-state index contributed by atoms with van der Waals surface area (Å²) >= 11 is 0. The molecule has 112 valence electrons. The molecule has 0 fully saturated rings. The molecule has 0 N–H and O–H groups in total. The van der Waals surface area contributed by atoms with Crippen molar-refractivity contribution in [2.24, 2.45) is 0 Å². The van der Waals surface area contributed by atoms with E-state index in [4.69, 9.17) is 4.74 Å². The summed E-state index contributed by atoms with van der Waals surface area (Å²) in [6.07, 6.45) is 5.62. The fourth-order valence-corrected chi connectivity index (χ4v) is 2.06. The monoisotopic (exact) mass is 280 g/mol. The normalized spacial score (nSPS) is 10.6. The Bertz CT molecular complexity index is 415. The molecule has 0 saturated heterocycles. The van der Waals surface area contributed by atoms with Gasteiger partial charge in [-0.3, -0.25) is 4.79 Å². The van der Waals surface area contributed by atoms with E-state index in [0.29, 0.717) is 43.0 Å². The van der Waals surface area contributed by atoms with Crippen molar-refractivity contribution in [1.29, 1.82) is 0 Å². The van der Waals surface area contributed by atoms with E-state index < -0.39 is 0 Å². The number of ketones is 1. The molecule has 0 heterocycles. The average Bonchev–Trinajstić information content (AvgIpc) is 2.47. The van der Waals surface area contributed by atoms with E-state index in [2.05, 4.69) is 0 Å². The van der Waals surface area contributed by atoms with Gasteiger partial charge in [-0.05, 0) is 37.3 Å². The van der Waals surface area contributed by atoms with Crippen LogP contribution in [0.25, 0.3) is 0 Å². The van der Waals surface area contributed by atoms with Crippen molar-refractivity contribution in [3.05, 3.63) is 29.6 Å². The van der Waals surface area contributed by atoms with Gasteiger partial charge in [0.05, 0.1) is 6.61 Å². The number of Topliss-reactive ketones (excluding diaryl/α,β-unsaturated/α-hetero) is 1. The molecule has 1 rings (SSSR count). The lowest BCUT2D eigenvalue weighted by Gasteiger charge is -2.09. The van der Waals surface area contributed by atoms with Crippen molar-refractivity contribution in [3.8, 4) is 5.75 Å². The lowest BCUT2D eigenvalue weighted by molar-refractivity contribution is -0.118. The Labute approximate surface area is 121 Å². The second-order valence-electron chi connectivity index (χ2n) is 5.03. The predicted molar refractivity (Wildman–Crippen MR) is 79.7 cm³/mol. The fourth-order valence-electron chi connectivity index (χ4n) is 2.06. The number of aryl methyl sites for hydroxylation is 1. The van der Waals surface area contributed by atoms with Crippen LogP contribution in [0, 0.1) is 5.82 Å². The van der Waals surface area contributed by atoms with Gasteiger partial charge >= 0.3 is 0 Å². The number of unbranched alkanes of at least 4 members (excludes halogenated alkanes) is 2. The summed E-state index contributed by atoms with van der Waals surface area (Å²) in [6.45, 7) is 4.43. The molecule has 0 aliphatic rings. The molecule has 0 bridgehead atoms. The summed E-state index contributed by atoms with van der Waals surface area (Å²) in [7, 11) is 0. The van der Waals surface area contributed by atoms with Crippen LogP contribution in [0.15, 0.2) is 18.2 Å². The van der Waals surface area contributed by atoms with E-state index >= 15 is 0 Å². The van der Waals surface area contributed by atoms with Gasteiger partial charge in [-0.15, -0.1) is 0 Å². The highest BCUT2D eigenvalue weighted by atomic mass is 19.1. The van der Waals surface area contributed by atoms with Crippen molar-refractivity contribution in [2.75, 3.05) is 6.61 Å². The molecule has 0 unspecified atom stereocenters. The van der Waals surface area contributed by atoms with Gasteiger partial charge in [0.2, 0.25) is 0 Å². The minimum absolute atomic E-state index is 0.231. The highest BCUT2D eigenvalue weighted by molar-refractivity contribution is 5.77. The highest BCUT2D eigenvalue weighted by Crippen LogP contribution is 2.22. The largest absolute Gasteiger partial charge is 0.491 e. The van der Waals surface area contributed by atoms with Gasteiger partial charge in [0.1, 0.15) is 5.78 Å². The predicted octanol–water partition coefficient (Wildman–Crippen LogP) is 4.70. The van der Waals surface area contributed by atoms with Crippen LogP contribution in [0.3, 0.4) is 0 Å². The highest BCUT2D eigenvalue weighted by Gasteiger charge is 2.08. The van der Waals surface area contributed by atoms with Crippen LogP contribution in [0.4, 0.5) is 4.39 Å². The number of carbonyl (C=O) groups is 1. The molecule has 0 radical (unpaired) electrons. The summed E-state index contributed by atoms with van der Waals surface area (Å²) in [4.78, 5) is 11.2. The van der Waals surface area contributed by atoms with Gasteiger partial charge in [-0.25, -0.2) is 4.39 Å². The zero-order valence-corrected chi connectivity index (χ0v) is 12.6. The van der Waals surface area contributed by atoms with Crippen molar-refractivity contribution in [2.45, 2.75) is 58.8 Å². The maximum atomic E-state index is 14.1. The minimum atomic E-state index is -0.231. The first-order valence-electron chi connectivity index (χ1n) is 7.60. The Hall–Kier alpha value is -1.38. The number of ether oxygens (including phenoxy) is 1. The molecule has 1 aromatic carbocycles. The molecule has 1 aromatic rings. The molecule has 3 heteroatoms. The van der Waals surface area contributed by atoms with Crippen molar-refractivity contribution >= 4 is 5.78 Å². The summed E-state index contributed by atoms with van der Waals surface area (Å²) in [5.74, 6) is 0.433. The summed E-state index contributed by atoms with van der Waals surface area (Å²) in [5.41, 5.74) is 0.709. The summed E-state index contributed by atoms with van der Waals surface area (Å²) in [6, 6.07) is 5.32. The third kappa shape index (κ3) is 5.72. The third-order valence-corrected chi connectivity index (χ3v) is 3.30. The molecule has 0 aromatic heterocycles. The van der Waals surface area contributed by atoms with Gasteiger partial charge in [0, 0.05) is 12.8 Å². The number of hydrogen-bond donors (Lipinski definition) is 0. The number of halogens is 1. The number of carbonyl (C=O) groups excluding carboxylic acids is 1. The van der Waals surface area contributed by atoms with Gasteiger partial charge < -0.3 is 4.74 Å². The molecule has 2 nitrogen and oxygen atoms in total. The Kier molecular flexibility index (Phi) is 7.93. The first-order valence-corrected chi connectivity index (χ1v) is 7.60. The Morgan fingerprint density at radius 3 is 2.70 bits per heavy atom. The van der Waals surface area contributed by atoms with Gasteiger partial charge in [-0.1, -0.05) is 32.4 Å². The molecule has 0 spiro atoms. The minimum Gasteiger partial charge on any atom is -0.491 e. The van der Waals surface area contributed by atoms with E-state index in [1.807, 2.05) is 26.0 Å². The standard InChI is InChI=1S/C17H25FO2/c1-3-13-20-16-12-8-10-14(17(16)18)9-6-5-7-11-15(19)4-2/h8,10,12H,3-7,9,11,13H2,1-2H3. The van der Waals surface area contributed by atoms with Crippen LogP contribution in [0.1, 0.15) is 57.9 Å². The van der Waals surface area contributed by atoms with Crippen molar-refractivity contribution in [3.63, 3.8) is 0 Å². The van der Waals surface area contributed by atoms with Crippen LogP contribution < -0.4 is 4.74 Å². The van der Waals surface area contributed by atoms with Gasteiger partial charge in [0.15, 0.2) is 11.6 Å². The molecule has 0 aliphatic heterocycles. The van der Waals surface area contributed by atoms with E-state index in [0.717, 1.165) is 25.7 Å². The lowest BCUT2D eigenvalue weighted by Crippen LogP contribution is -2.00. The van der Waals surface area contributed by atoms with E-state index in [-0.39, 0.29) is 5.82 Å². The fraction of sp³-hybridized carbons (Fsp3) is 0.588. The van der Waals surface area contributed by atoms with Crippen molar-refractivity contribution < 1.29 is 13.9 Å². The third-order valence-electron chi connectivity index (χ3n) is 3.30. The average molecular weight is 280 g/mol. The quantitative estimate of drug-likeness (QED) is 0.581. The number of hydrogen-bond acceptors (Lipinski definition) is 2. The maximum absolute atomic E-state index is 14.1. The topological polar surface area (TPSA) is 26.3 Å². The Morgan fingerprint density at radius 1 is 1.20 bits per heavy atom. The van der Waals surface area contributed by atoms with E-state index in [1.165, 1.54) is 0 Å². The van der Waals surface area contributed by atoms with Crippen LogP contribution >= 0.6 is 0 Å². The van der Waals surface area contributed by atoms with E-state index in [9.17, 15) is 9.18 Å². The molecule has 0 saturated carbocycles. The second kappa shape index (κ2) is 9.51. The number of rotatable bonds is 10. The Morgan fingerprint density at radius 2 is 2.00 bits per heavy atom. The van der Waals surface area contributed by atoms with Gasteiger partial charge in [0.25, 0.3) is 0 Å². The van der Waals surface area contributed by atoms with Gasteiger partial charge in [-0.2, -0.15) is 0 Å². The lowest BCUT2D eigenvalue weighted by atomic mass is 10.0. The molecule has 20 heavy (non-hydrogen) atoms. The molecule has 0 atom stereocenters. The Balaban J connectivity index is 2.38. The molecule has 0 amide bonds. The first-order chi connectivity index (χ1) is 9.69. The zero-order valence-electron chi connectivity index (χ0n) is 12.6. The SMILES string of the molecule is CCCOc1cccc(CCCCCC(=O)CC)c1F.